The number of H-pyrrole nitrogens is 2. The maximum atomic E-state index is 13.8. The van der Waals surface area contributed by atoms with E-state index in [2.05, 4.69) is 25.9 Å². The van der Waals surface area contributed by atoms with Crippen molar-refractivity contribution in [2.75, 3.05) is 14.1 Å². The summed E-state index contributed by atoms with van der Waals surface area (Å²) >= 11 is 0. The number of carbonyl (C=O) groups is 3. The zero-order valence-corrected chi connectivity index (χ0v) is 22.5. The van der Waals surface area contributed by atoms with Crippen LogP contribution in [-0.4, -0.2) is 64.4 Å². The number of amides is 3. The van der Waals surface area contributed by atoms with Crippen LogP contribution in [0.1, 0.15) is 31.9 Å². The predicted octanol–water partition coefficient (Wildman–Crippen LogP) is 2.84. The first kappa shape index (κ1) is 26.9. The summed E-state index contributed by atoms with van der Waals surface area (Å²) in [5.41, 5.74) is 2.95. The van der Waals surface area contributed by atoms with E-state index in [4.69, 9.17) is 0 Å². The molecule has 9 heteroatoms. The van der Waals surface area contributed by atoms with Gasteiger partial charge in [-0.1, -0.05) is 36.4 Å². The molecule has 0 aliphatic carbocycles. The third kappa shape index (κ3) is 5.73. The van der Waals surface area contributed by atoms with E-state index in [1.54, 1.807) is 27.9 Å². The lowest BCUT2D eigenvalue weighted by Crippen LogP contribution is -2.60. The molecule has 0 saturated heterocycles. The molecule has 9 nitrogen and oxygen atoms in total. The molecule has 0 fully saturated rings. The maximum absolute atomic E-state index is 13.8. The molecule has 0 aliphatic rings. The highest BCUT2D eigenvalue weighted by Gasteiger charge is 2.32. The van der Waals surface area contributed by atoms with Crippen molar-refractivity contribution >= 4 is 39.5 Å². The highest BCUT2D eigenvalue weighted by Crippen LogP contribution is 2.21. The molecule has 0 bridgehead atoms. The van der Waals surface area contributed by atoms with E-state index in [1.165, 1.54) is 11.8 Å². The number of carbonyl (C=O) groups excluding carboxylic acids is 3. The molecule has 0 unspecified atom stereocenters. The van der Waals surface area contributed by atoms with Gasteiger partial charge in [-0.05, 0) is 44.2 Å². The van der Waals surface area contributed by atoms with Crippen molar-refractivity contribution in [3.63, 3.8) is 0 Å². The quantitative estimate of drug-likeness (QED) is 0.208. The molecule has 0 spiro atoms. The van der Waals surface area contributed by atoms with Crippen LogP contribution in [-0.2, 0) is 27.2 Å². The van der Waals surface area contributed by atoms with Crippen LogP contribution in [0.3, 0.4) is 0 Å². The second-order valence-corrected chi connectivity index (χ2v) is 10.2. The lowest BCUT2D eigenvalue weighted by molar-refractivity contribution is -0.135. The van der Waals surface area contributed by atoms with Gasteiger partial charge in [0.25, 0.3) is 0 Å². The van der Waals surface area contributed by atoms with Gasteiger partial charge in [-0.3, -0.25) is 14.4 Å². The normalized spacial score (nSPS) is 13.3. The van der Waals surface area contributed by atoms with Crippen LogP contribution in [0.25, 0.3) is 21.8 Å². The minimum Gasteiger partial charge on any atom is -0.361 e. The molecular formula is C29H36N6O3. The molecule has 0 radical (unpaired) electrons. The third-order valence-electron chi connectivity index (χ3n) is 7.27. The Labute approximate surface area is 222 Å². The minimum atomic E-state index is -0.877. The van der Waals surface area contributed by atoms with Gasteiger partial charge in [0.1, 0.15) is 12.2 Å². The van der Waals surface area contributed by atoms with Crippen molar-refractivity contribution in [1.82, 2.24) is 30.8 Å². The van der Waals surface area contributed by atoms with Gasteiger partial charge in [-0.15, -0.1) is 0 Å². The Balaban J connectivity index is 1.62. The summed E-state index contributed by atoms with van der Waals surface area (Å²) in [6, 6.07) is 14.9. The van der Waals surface area contributed by atoms with Crippen LogP contribution in [0.4, 0.5) is 0 Å². The molecule has 4 aromatic rings. The summed E-state index contributed by atoms with van der Waals surface area (Å²) in [6.07, 6.45) is 3.84. The Morgan fingerprint density at radius 2 is 1.39 bits per heavy atom. The van der Waals surface area contributed by atoms with E-state index in [0.717, 1.165) is 32.9 Å². The van der Waals surface area contributed by atoms with E-state index in [1.807, 2.05) is 60.9 Å². The van der Waals surface area contributed by atoms with Crippen LogP contribution in [0.2, 0.25) is 0 Å². The second kappa shape index (κ2) is 11.1. The number of aromatic amines is 2. The van der Waals surface area contributed by atoms with Crippen molar-refractivity contribution in [3.05, 3.63) is 72.1 Å². The van der Waals surface area contributed by atoms with E-state index >= 15 is 0 Å². The summed E-state index contributed by atoms with van der Waals surface area (Å²) in [5.74, 6) is -0.842. The van der Waals surface area contributed by atoms with Crippen molar-refractivity contribution in [3.8, 4) is 0 Å². The molecule has 4 rings (SSSR count). The molecule has 5 N–H and O–H groups in total. The first-order chi connectivity index (χ1) is 18.1. The molecule has 2 heterocycles. The van der Waals surface area contributed by atoms with Crippen LogP contribution in [0.15, 0.2) is 60.9 Å². The van der Waals surface area contributed by atoms with Gasteiger partial charge in [0, 0.05) is 61.0 Å². The summed E-state index contributed by atoms with van der Waals surface area (Å²) in [6.45, 7) is 4.98. The van der Waals surface area contributed by atoms with Gasteiger partial charge in [0.2, 0.25) is 17.7 Å². The molecule has 2 aromatic heterocycles. The molecule has 200 valence electrons. The topological polar surface area (TPSA) is 122 Å². The standard InChI is InChI=1S/C29H36N6O3/c1-18(36)35(5)26(15-20-17-32-24-13-9-7-11-22(20)24)34-27(37)25(33-28(38)29(2,3)30-4)14-19-16-31-23-12-8-6-10-21(19)23/h6-13,16-17,25-26,30-32H,14-15H2,1-5H3,(H,33,38)(H,34,37)/t25-,26-/m1/s1. The molecule has 0 aliphatic heterocycles. The zero-order valence-electron chi connectivity index (χ0n) is 22.5. The number of fused-ring (bicyclic) bond motifs is 2. The van der Waals surface area contributed by atoms with Gasteiger partial charge in [-0.2, -0.15) is 0 Å². The van der Waals surface area contributed by atoms with Crippen molar-refractivity contribution in [1.29, 1.82) is 0 Å². The zero-order chi connectivity index (χ0) is 27.4. The number of aromatic nitrogens is 2. The number of rotatable bonds is 10. The van der Waals surface area contributed by atoms with Gasteiger partial charge in [0.15, 0.2) is 0 Å². The minimum absolute atomic E-state index is 0.177. The second-order valence-electron chi connectivity index (χ2n) is 10.2. The van der Waals surface area contributed by atoms with Crippen LogP contribution in [0, 0.1) is 0 Å². The lowest BCUT2D eigenvalue weighted by atomic mass is 10.0. The molecule has 2 aromatic carbocycles. The number of hydrogen-bond donors (Lipinski definition) is 5. The molecule has 0 saturated carbocycles. The maximum Gasteiger partial charge on any atom is 0.244 e. The molecule has 38 heavy (non-hydrogen) atoms. The molecule has 3 amide bonds. The fourth-order valence-corrected chi connectivity index (χ4v) is 4.46. The van der Waals surface area contributed by atoms with Crippen molar-refractivity contribution < 1.29 is 14.4 Å². The lowest BCUT2D eigenvalue weighted by Gasteiger charge is -2.31. The van der Waals surface area contributed by atoms with E-state index < -0.39 is 17.7 Å². The summed E-state index contributed by atoms with van der Waals surface area (Å²) in [7, 11) is 3.37. The largest absolute Gasteiger partial charge is 0.361 e. The molecular weight excluding hydrogens is 480 g/mol. The predicted molar refractivity (Wildman–Crippen MR) is 149 cm³/mol. The average Bonchev–Trinajstić information content (AvgIpc) is 3.51. The van der Waals surface area contributed by atoms with E-state index in [9.17, 15) is 14.4 Å². The van der Waals surface area contributed by atoms with Crippen molar-refractivity contribution in [2.45, 2.75) is 51.4 Å². The Bertz CT molecular complexity index is 1450. The highest BCUT2D eigenvalue weighted by molar-refractivity contribution is 5.93. The van der Waals surface area contributed by atoms with E-state index in [0.29, 0.717) is 6.42 Å². The number of benzene rings is 2. The van der Waals surface area contributed by atoms with Crippen LogP contribution < -0.4 is 16.0 Å². The Hall–Kier alpha value is -4.11. The number of nitrogens with zero attached hydrogens (tertiary/aromatic N) is 1. The highest BCUT2D eigenvalue weighted by atomic mass is 16.2. The van der Waals surface area contributed by atoms with Gasteiger partial charge >= 0.3 is 0 Å². The first-order valence-electron chi connectivity index (χ1n) is 12.7. The fraction of sp³-hybridized carbons (Fsp3) is 0.345. The average molecular weight is 517 g/mol. The van der Waals surface area contributed by atoms with E-state index in [-0.39, 0.29) is 24.1 Å². The Kier molecular flexibility index (Phi) is 7.87. The summed E-state index contributed by atoms with van der Waals surface area (Å²) in [4.78, 5) is 47.3. The first-order valence-corrected chi connectivity index (χ1v) is 12.7. The van der Waals surface area contributed by atoms with Crippen LogP contribution in [0.5, 0.6) is 0 Å². The Morgan fingerprint density at radius 3 is 1.92 bits per heavy atom. The number of hydrogen-bond acceptors (Lipinski definition) is 4. The number of para-hydroxylation sites is 2. The summed E-state index contributed by atoms with van der Waals surface area (Å²) in [5, 5.41) is 11.0. The van der Waals surface area contributed by atoms with Gasteiger partial charge in [-0.25, -0.2) is 0 Å². The fourth-order valence-electron chi connectivity index (χ4n) is 4.46. The number of likely N-dealkylation sites (N-methyl/N-ethyl adjacent to an activating group) is 2. The number of nitrogens with one attached hydrogen (secondary N) is 5. The monoisotopic (exact) mass is 516 g/mol. The van der Waals surface area contributed by atoms with Crippen LogP contribution >= 0.6 is 0 Å². The Morgan fingerprint density at radius 1 is 0.868 bits per heavy atom. The molecule has 2 atom stereocenters. The van der Waals surface area contributed by atoms with Gasteiger partial charge < -0.3 is 30.8 Å². The third-order valence-corrected chi connectivity index (χ3v) is 7.27. The van der Waals surface area contributed by atoms with Gasteiger partial charge in [0.05, 0.1) is 5.54 Å². The smallest absolute Gasteiger partial charge is 0.244 e. The summed E-state index contributed by atoms with van der Waals surface area (Å²) < 4.78 is 0. The SMILES string of the molecule is CNC(C)(C)C(=O)N[C@H](Cc1c[nH]c2ccccc12)C(=O)N[C@@H](Cc1c[nH]c2ccccc12)N(C)C(C)=O. The van der Waals surface area contributed by atoms with Crippen molar-refractivity contribution in [2.24, 2.45) is 0 Å².